The molecule has 198 valence electrons. The highest BCUT2D eigenvalue weighted by atomic mass is 35.5. The summed E-state index contributed by atoms with van der Waals surface area (Å²) in [6.07, 6.45) is 0.992. The van der Waals surface area contributed by atoms with Crippen molar-refractivity contribution in [2.24, 2.45) is 0 Å². The Morgan fingerprint density at radius 1 is 1.00 bits per heavy atom. The van der Waals surface area contributed by atoms with Crippen LogP contribution in [0.1, 0.15) is 26.3 Å². The molecule has 0 spiro atoms. The molecule has 0 aliphatic rings. The molecule has 0 aromatic heterocycles. The molecule has 0 aliphatic heterocycles. The summed E-state index contributed by atoms with van der Waals surface area (Å²) in [6.45, 7) is 4.58. The van der Waals surface area contributed by atoms with Crippen LogP contribution >= 0.6 is 23.2 Å². The molecule has 0 saturated heterocycles. The van der Waals surface area contributed by atoms with Crippen LogP contribution in [0.4, 0.5) is 5.69 Å². The van der Waals surface area contributed by atoms with Crippen LogP contribution in [0.2, 0.25) is 10.0 Å². The van der Waals surface area contributed by atoms with Gasteiger partial charge in [0.2, 0.25) is 21.8 Å². The van der Waals surface area contributed by atoms with Crippen molar-refractivity contribution in [2.75, 3.05) is 31.3 Å². The van der Waals surface area contributed by atoms with Crippen LogP contribution in [0.15, 0.2) is 36.4 Å². The normalized spacial score (nSPS) is 12.1. The Hall–Kier alpha value is -2.69. The van der Waals surface area contributed by atoms with Gasteiger partial charge in [0.1, 0.15) is 12.6 Å². The fourth-order valence-corrected chi connectivity index (χ4v) is 4.72. The third kappa shape index (κ3) is 7.65. The van der Waals surface area contributed by atoms with Gasteiger partial charge < -0.3 is 19.7 Å². The first kappa shape index (κ1) is 29.5. The van der Waals surface area contributed by atoms with E-state index in [4.69, 9.17) is 32.7 Å². The molecule has 0 saturated carbocycles. The number of nitrogens with zero attached hydrogens (tertiary/aromatic N) is 2. The molecule has 36 heavy (non-hydrogen) atoms. The predicted molar refractivity (Wildman–Crippen MR) is 141 cm³/mol. The van der Waals surface area contributed by atoms with Gasteiger partial charge in [0.25, 0.3) is 0 Å². The van der Waals surface area contributed by atoms with Crippen molar-refractivity contribution in [1.29, 1.82) is 0 Å². The van der Waals surface area contributed by atoms with Gasteiger partial charge in [0, 0.05) is 28.7 Å². The number of carbonyl (C=O) groups excluding carboxylic acids is 2. The Balaban J connectivity index is 2.47. The van der Waals surface area contributed by atoms with Gasteiger partial charge in [-0.05, 0) is 50.6 Å². The van der Waals surface area contributed by atoms with Crippen molar-refractivity contribution in [1.82, 2.24) is 10.2 Å². The van der Waals surface area contributed by atoms with Crippen LogP contribution in [0, 0.1) is 0 Å². The number of carbonyl (C=O) groups is 2. The minimum Gasteiger partial charge on any atom is -0.493 e. The van der Waals surface area contributed by atoms with Crippen molar-refractivity contribution in [3.8, 4) is 11.5 Å². The Bertz CT molecular complexity index is 1210. The molecule has 1 N–H and O–H groups in total. The van der Waals surface area contributed by atoms with Gasteiger partial charge in [-0.3, -0.25) is 13.9 Å². The average Bonchev–Trinajstić information content (AvgIpc) is 2.79. The molecule has 2 rings (SSSR count). The third-order valence-corrected chi connectivity index (χ3v) is 7.02. The highest BCUT2D eigenvalue weighted by Crippen LogP contribution is 2.32. The molecule has 0 radical (unpaired) electrons. The van der Waals surface area contributed by atoms with Crippen molar-refractivity contribution < 1.29 is 27.5 Å². The number of rotatable bonds is 11. The van der Waals surface area contributed by atoms with Crippen molar-refractivity contribution in [3.63, 3.8) is 0 Å². The number of benzene rings is 2. The smallest absolute Gasteiger partial charge is 0.244 e. The number of halogens is 2. The molecule has 9 nitrogen and oxygen atoms in total. The largest absolute Gasteiger partial charge is 0.493 e. The topological polar surface area (TPSA) is 105 Å². The SMILES string of the molecule is COc1ccc(N(CC(=O)N(Cc2ccc(Cl)cc2Cl)[C@@H](C)C(=O)NC(C)C)S(C)(=O)=O)cc1OC. The highest BCUT2D eigenvalue weighted by Gasteiger charge is 2.31. The maximum atomic E-state index is 13.6. The zero-order valence-corrected chi connectivity index (χ0v) is 23.4. The van der Waals surface area contributed by atoms with Crippen LogP contribution in [0.3, 0.4) is 0 Å². The Kier molecular flexibility index (Phi) is 10.3. The van der Waals surface area contributed by atoms with Crippen LogP contribution in [0.25, 0.3) is 0 Å². The van der Waals surface area contributed by atoms with E-state index in [1.54, 1.807) is 39.0 Å². The summed E-state index contributed by atoms with van der Waals surface area (Å²) >= 11 is 12.3. The van der Waals surface area contributed by atoms with E-state index in [0.29, 0.717) is 27.1 Å². The van der Waals surface area contributed by atoms with Crippen molar-refractivity contribution in [3.05, 3.63) is 52.0 Å². The standard InChI is InChI=1S/C24H31Cl2N3O6S/c1-15(2)27-24(31)16(3)28(13-17-7-8-18(25)11-20(17)26)23(30)14-29(36(6,32)33)19-9-10-21(34-4)22(12-19)35-5/h7-12,15-16H,13-14H2,1-6H3,(H,27,31)/t16-/m0/s1. The third-order valence-electron chi connectivity index (χ3n) is 5.29. The highest BCUT2D eigenvalue weighted by molar-refractivity contribution is 7.92. The van der Waals surface area contributed by atoms with E-state index in [-0.39, 0.29) is 24.2 Å². The summed E-state index contributed by atoms with van der Waals surface area (Å²) in [5.74, 6) is -0.294. The van der Waals surface area contributed by atoms with E-state index in [1.165, 1.54) is 37.3 Å². The zero-order chi connectivity index (χ0) is 27.2. The second-order valence-corrected chi connectivity index (χ2v) is 11.2. The van der Waals surface area contributed by atoms with Gasteiger partial charge in [0.15, 0.2) is 11.5 Å². The summed E-state index contributed by atoms with van der Waals surface area (Å²) in [7, 11) is -1.02. The number of amides is 2. The quantitative estimate of drug-likeness (QED) is 0.449. The minimum atomic E-state index is -3.90. The first-order valence-electron chi connectivity index (χ1n) is 11.0. The lowest BCUT2D eigenvalue weighted by Gasteiger charge is -2.32. The molecule has 1 atom stereocenters. The van der Waals surface area contributed by atoms with Crippen molar-refractivity contribution in [2.45, 2.75) is 39.4 Å². The Labute approximate surface area is 222 Å². The molecule has 2 aromatic carbocycles. The van der Waals surface area contributed by atoms with Crippen LogP contribution in [0.5, 0.6) is 11.5 Å². The second-order valence-electron chi connectivity index (χ2n) is 8.41. The van der Waals surface area contributed by atoms with Crippen LogP contribution in [-0.2, 0) is 26.2 Å². The Morgan fingerprint density at radius 2 is 1.64 bits per heavy atom. The number of anilines is 1. The number of nitrogens with one attached hydrogen (secondary N) is 1. The van der Waals surface area contributed by atoms with Gasteiger partial charge in [-0.25, -0.2) is 8.42 Å². The molecule has 12 heteroatoms. The zero-order valence-electron chi connectivity index (χ0n) is 21.0. The van der Waals surface area contributed by atoms with E-state index < -0.39 is 28.5 Å². The van der Waals surface area contributed by atoms with Gasteiger partial charge >= 0.3 is 0 Å². The first-order chi connectivity index (χ1) is 16.8. The molecule has 0 unspecified atom stereocenters. The maximum absolute atomic E-state index is 13.6. The summed E-state index contributed by atoms with van der Waals surface area (Å²) in [5.41, 5.74) is 0.753. The van der Waals surface area contributed by atoms with Crippen LogP contribution < -0.4 is 19.1 Å². The Morgan fingerprint density at radius 3 is 2.17 bits per heavy atom. The monoisotopic (exact) mass is 559 g/mol. The van der Waals surface area contributed by atoms with E-state index in [1.807, 2.05) is 0 Å². The van der Waals surface area contributed by atoms with Crippen LogP contribution in [-0.4, -0.2) is 64.2 Å². The molecular weight excluding hydrogens is 529 g/mol. The van der Waals surface area contributed by atoms with Gasteiger partial charge in [-0.15, -0.1) is 0 Å². The average molecular weight is 561 g/mol. The number of ether oxygens (including phenoxy) is 2. The summed E-state index contributed by atoms with van der Waals surface area (Å²) in [5, 5.41) is 3.52. The lowest BCUT2D eigenvalue weighted by atomic mass is 10.1. The number of sulfonamides is 1. The molecular formula is C24H31Cl2N3O6S. The molecule has 0 aliphatic carbocycles. The molecule has 2 aromatic rings. The van der Waals surface area contributed by atoms with Gasteiger partial charge in [-0.2, -0.15) is 0 Å². The number of methoxy groups -OCH3 is 2. The number of hydrogen-bond donors (Lipinski definition) is 1. The molecule has 0 fully saturated rings. The van der Waals surface area contributed by atoms with E-state index >= 15 is 0 Å². The van der Waals surface area contributed by atoms with Gasteiger partial charge in [-0.1, -0.05) is 29.3 Å². The van der Waals surface area contributed by atoms with Crippen molar-refractivity contribution >= 4 is 50.7 Å². The molecule has 2 amide bonds. The van der Waals surface area contributed by atoms with E-state index in [0.717, 1.165) is 10.6 Å². The number of hydrogen-bond acceptors (Lipinski definition) is 6. The summed E-state index contributed by atoms with van der Waals surface area (Å²) in [4.78, 5) is 27.7. The fourth-order valence-electron chi connectivity index (χ4n) is 3.41. The summed E-state index contributed by atoms with van der Waals surface area (Å²) in [6, 6.07) is 8.24. The first-order valence-corrected chi connectivity index (χ1v) is 13.6. The molecule has 0 heterocycles. The minimum absolute atomic E-state index is 0.0367. The second kappa shape index (κ2) is 12.5. The summed E-state index contributed by atoms with van der Waals surface area (Å²) < 4.78 is 36.9. The van der Waals surface area contributed by atoms with E-state index in [9.17, 15) is 18.0 Å². The lowest BCUT2D eigenvalue weighted by Crippen LogP contribution is -2.52. The maximum Gasteiger partial charge on any atom is 0.244 e. The fraction of sp³-hybridized carbons (Fsp3) is 0.417. The van der Waals surface area contributed by atoms with Gasteiger partial charge in [0.05, 0.1) is 26.2 Å². The lowest BCUT2D eigenvalue weighted by molar-refractivity contribution is -0.139. The van der Waals surface area contributed by atoms with E-state index in [2.05, 4.69) is 5.32 Å². The predicted octanol–water partition coefficient (Wildman–Crippen LogP) is 3.72. The molecule has 0 bridgehead atoms.